The lowest BCUT2D eigenvalue weighted by Gasteiger charge is -2.32. The molecule has 3 aromatic heterocycles. The maximum Gasteiger partial charge on any atom is 0.230 e. The molecule has 9 heteroatoms. The summed E-state index contributed by atoms with van der Waals surface area (Å²) in [7, 11) is 2.15. The van der Waals surface area contributed by atoms with Crippen LogP contribution in [-0.2, 0) is 6.54 Å². The molecule has 0 spiro atoms. The summed E-state index contributed by atoms with van der Waals surface area (Å²) in [4.78, 5) is 14.4. The van der Waals surface area contributed by atoms with Gasteiger partial charge >= 0.3 is 0 Å². The predicted molar refractivity (Wildman–Crippen MR) is 125 cm³/mol. The van der Waals surface area contributed by atoms with E-state index in [9.17, 15) is 0 Å². The number of piperazine rings is 1. The first-order chi connectivity index (χ1) is 15.6. The van der Waals surface area contributed by atoms with Crippen LogP contribution in [0.3, 0.4) is 0 Å². The zero-order chi connectivity index (χ0) is 22.1. The Morgan fingerprint density at radius 1 is 1.00 bits per heavy atom. The Morgan fingerprint density at radius 2 is 1.81 bits per heavy atom. The Balaban J connectivity index is 1.50. The largest absolute Gasteiger partial charge is 0.350 e. The quantitative estimate of drug-likeness (QED) is 0.503. The van der Waals surface area contributed by atoms with Crippen molar-refractivity contribution in [3.05, 3.63) is 60.0 Å². The van der Waals surface area contributed by atoms with E-state index in [0.717, 1.165) is 54.6 Å². The number of benzene rings is 1. The van der Waals surface area contributed by atoms with E-state index < -0.39 is 0 Å². The molecule has 5 rings (SSSR count). The first-order valence-corrected chi connectivity index (χ1v) is 11.1. The maximum absolute atomic E-state index is 4.92. The van der Waals surface area contributed by atoms with Crippen LogP contribution in [0.1, 0.15) is 30.9 Å². The SMILES string of the molecule is CC(C)c1cnn2c(NCc3ccccc3-n3cccn3)nc(N3CCN(C)CC3)nc12. The normalized spacial score (nSPS) is 15.1. The first kappa shape index (κ1) is 20.4. The molecule has 4 aromatic rings. The van der Waals surface area contributed by atoms with E-state index in [1.807, 2.05) is 39.8 Å². The lowest BCUT2D eigenvalue weighted by atomic mass is 10.1. The third-order valence-corrected chi connectivity index (χ3v) is 5.97. The molecule has 9 nitrogen and oxygen atoms in total. The van der Waals surface area contributed by atoms with Gasteiger partial charge in [0.25, 0.3) is 0 Å². The third-order valence-electron chi connectivity index (χ3n) is 5.97. The van der Waals surface area contributed by atoms with Crippen LogP contribution >= 0.6 is 0 Å². The fourth-order valence-electron chi connectivity index (χ4n) is 4.02. The minimum absolute atomic E-state index is 0.330. The Labute approximate surface area is 187 Å². The molecule has 0 bridgehead atoms. The Morgan fingerprint density at radius 3 is 2.56 bits per heavy atom. The highest BCUT2D eigenvalue weighted by Crippen LogP contribution is 2.24. The van der Waals surface area contributed by atoms with Crippen molar-refractivity contribution >= 4 is 17.5 Å². The number of likely N-dealkylation sites (N-methyl/N-ethyl adjacent to an activating group) is 1. The number of fused-ring (bicyclic) bond motifs is 1. The second-order valence-electron chi connectivity index (χ2n) is 8.56. The summed E-state index contributed by atoms with van der Waals surface area (Å²) in [6.45, 7) is 8.78. The lowest BCUT2D eigenvalue weighted by Crippen LogP contribution is -2.45. The first-order valence-electron chi connectivity index (χ1n) is 11.1. The monoisotopic (exact) mass is 431 g/mol. The lowest BCUT2D eigenvalue weighted by molar-refractivity contribution is 0.311. The van der Waals surface area contributed by atoms with E-state index >= 15 is 0 Å². The molecule has 1 fully saturated rings. The van der Waals surface area contributed by atoms with E-state index in [1.54, 1.807) is 6.20 Å². The number of para-hydroxylation sites is 1. The van der Waals surface area contributed by atoms with Crippen LogP contribution < -0.4 is 10.2 Å². The predicted octanol–water partition coefficient (Wildman–Crippen LogP) is 2.80. The van der Waals surface area contributed by atoms with Gasteiger partial charge in [0.05, 0.1) is 11.9 Å². The van der Waals surface area contributed by atoms with E-state index in [4.69, 9.17) is 9.97 Å². The minimum Gasteiger partial charge on any atom is -0.350 e. The smallest absolute Gasteiger partial charge is 0.230 e. The number of hydrogen-bond acceptors (Lipinski definition) is 7. The van der Waals surface area contributed by atoms with Crippen LogP contribution in [0.25, 0.3) is 11.3 Å². The number of hydrogen-bond donors (Lipinski definition) is 1. The van der Waals surface area contributed by atoms with Crippen molar-refractivity contribution in [2.45, 2.75) is 26.3 Å². The fourth-order valence-corrected chi connectivity index (χ4v) is 4.02. The second-order valence-corrected chi connectivity index (χ2v) is 8.56. The Hall–Kier alpha value is -3.46. The molecular formula is C23H29N9. The molecule has 0 aliphatic carbocycles. The van der Waals surface area contributed by atoms with Gasteiger partial charge in [-0.25, -0.2) is 4.68 Å². The Kier molecular flexibility index (Phi) is 5.48. The highest BCUT2D eigenvalue weighted by atomic mass is 15.4. The molecule has 4 heterocycles. The number of nitrogens with one attached hydrogen (secondary N) is 1. The molecular weight excluding hydrogens is 402 g/mol. The van der Waals surface area contributed by atoms with Gasteiger partial charge in [-0.3, -0.25) is 0 Å². The Bertz CT molecular complexity index is 1190. The van der Waals surface area contributed by atoms with Crippen LogP contribution in [-0.4, -0.2) is 67.5 Å². The van der Waals surface area contributed by atoms with Crippen LogP contribution in [0.4, 0.5) is 11.9 Å². The van der Waals surface area contributed by atoms with Gasteiger partial charge in [0, 0.05) is 50.7 Å². The molecule has 166 valence electrons. The summed E-state index contributed by atoms with van der Waals surface area (Å²) < 4.78 is 3.71. The van der Waals surface area contributed by atoms with E-state index in [-0.39, 0.29) is 0 Å². The van der Waals surface area contributed by atoms with Crippen molar-refractivity contribution in [2.75, 3.05) is 43.4 Å². The molecule has 1 aromatic carbocycles. The highest BCUT2D eigenvalue weighted by Gasteiger charge is 2.21. The topological polar surface area (TPSA) is 79.4 Å². The summed E-state index contributed by atoms with van der Waals surface area (Å²) in [5, 5.41) is 12.5. The van der Waals surface area contributed by atoms with E-state index in [2.05, 4.69) is 58.3 Å². The third kappa shape index (κ3) is 3.91. The van der Waals surface area contributed by atoms with Crippen LogP contribution in [0.15, 0.2) is 48.9 Å². The molecule has 0 saturated carbocycles. The number of anilines is 2. The van der Waals surface area contributed by atoms with Crippen molar-refractivity contribution in [3.8, 4) is 5.69 Å². The number of rotatable bonds is 6. The molecule has 0 amide bonds. The van der Waals surface area contributed by atoms with Crippen LogP contribution in [0.2, 0.25) is 0 Å². The van der Waals surface area contributed by atoms with Gasteiger partial charge in [0.2, 0.25) is 11.9 Å². The molecule has 1 saturated heterocycles. The van der Waals surface area contributed by atoms with Gasteiger partial charge < -0.3 is 15.1 Å². The summed E-state index contributed by atoms with van der Waals surface area (Å²) in [6.07, 6.45) is 5.65. The molecule has 0 unspecified atom stereocenters. The van der Waals surface area contributed by atoms with Crippen molar-refractivity contribution in [1.29, 1.82) is 0 Å². The van der Waals surface area contributed by atoms with Gasteiger partial charge in [0.15, 0.2) is 5.65 Å². The molecule has 32 heavy (non-hydrogen) atoms. The zero-order valence-corrected chi connectivity index (χ0v) is 18.8. The zero-order valence-electron chi connectivity index (χ0n) is 18.8. The van der Waals surface area contributed by atoms with Gasteiger partial charge in [-0.15, -0.1) is 0 Å². The van der Waals surface area contributed by atoms with E-state index in [0.29, 0.717) is 18.4 Å². The summed E-state index contributed by atoms with van der Waals surface area (Å²) in [5.74, 6) is 1.79. The summed E-state index contributed by atoms with van der Waals surface area (Å²) in [6, 6.07) is 10.2. The summed E-state index contributed by atoms with van der Waals surface area (Å²) in [5.41, 5.74) is 4.16. The highest BCUT2D eigenvalue weighted by molar-refractivity contribution is 5.56. The molecule has 1 aliphatic rings. The van der Waals surface area contributed by atoms with E-state index in [1.165, 1.54) is 0 Å². The van der Waals surface area contributed by atoms with Gasteiger partial charge in [-0.2, -0.15) is 24.7 Å². The van der Waals surface area contributed by atoms with Crippen molar-refractivity contribution < 1.29 is 0 Å². The van der Waals surface area contributed by atoms with Crippen molar-refractivity contribution in [2.24, 2.45) is 0 Å². The van der Waals surface area contributed by atoms with Gasteiger partial charge in [-0.1, -0.05) is 32.0 Å². The van der Waals surface area contributed by atoms with Gasteiger partial charge in [-0.05, 0) is 30.7 Å². The second kappa shape index (κ2) is 8.58. The standard InChI is InChI=1S/C23H29N9/c1-17(2)19-16-26-32-21(19)27-23(30-13-11-29(3)12-14-30)28-22(32)24-15-18-7-4-5-8-20(18)31-10-6-9-25-31/h4-10,16-17H,11-15H2,1-3H3,(H,24,27,28). The van der Waals surface area contributed by atoms with Gasteiger partial charge in [0.1, 0.15) is 0 Å². The fraction of sp³-hybridized carbons (Fsp3) is 0.391. The van der Waals surface area contributed by atoms with Crippen molar-refractivity contribution in [3.63, 3.8) is 0 Å². The summed E-state index contributed by atoms with van der Waals surface area (Å²) >= 11 is 0. The molecule has 0 radical (unpaired) electrons. The number of nitrogens with zero attached hydrogens (tertiary/aromatic N) is 8. The van der Waals surface area contributed by atoms with Crippen LogP contribution in [0, 0.1) is 0 Å². The average Bonchev–Trinajstić information content (AvgIpc) is 3.48. The minimum atomic E-state index is 0.330. The average molecular weight is 432 g/mol. The van der Waals surface area contributed by atoms with Crippen molar-refractivity contribution in [1.82, 2.24) is 34.3 Å². The molecule has 0 atom stereocenters. The van der Waals surface area contributed by atoms with Crippen LogP contribution in [0.5, 0.6) is 0 Å². The number of aromatic nitrogens is 6. The maximum atomic E-state index is 4.92. The molecule has 1 N–H and O–H groups in total. The molecule has 1 aliphatic heterocycles.